The summed E-state index contributed by atoms with van der Waals surface area (Å²) in [5, 5.41) is 184. The molecule has 17 N–H and O–H groups in total. The topological polar surface area (TPSA) is 472 Å². The third kappa shape index (κ3) is 13.0. The van der Waals surface area contributed by atoms with Crippen LogP contribution in [0, 0.1) is 50.2 Å². The SMILES string of the molecule is C[C@@H]1O[C@H](O[C@H]2[C@H](O)[C@@H](O)[C@H](OC[C@H]3O[C@@H](OC(=O)[C@]45CCC(C)(C)CC4C4=CCC6[C@@]7(C)CC[C@H](O[C@@H]8OC[C@@H](O)[C@H](O)[C@H]8O[C@@H]8O[C@H](CO[C@@H]9O[C@@H](C)[C@@H](O)[C@@H](O)[C@H]9O)[C@@H](O)[C@H](O)[C@H]8O)C(C)(C)C7CC[C@@]6(C)C4(C)CC5)[C@H](O)[C@@H](O)[C@@H]3O)O[C@@H]2CO)[C@H](O)[C@H](O)[C@H]1O. The van der Waals surface area contributed by atoms with Gasteiger partial charge in [0.05, 0.1) is 50.2 Å². The number of allylic oxidation sites excluding steroid dienone is 2. The van der Waals surface area contributed by atoms with Crippen molar-refractivity contribution in [2.45, 2.75) is 311 Å². The van der Waals surface area contributed by atoms with E-state index in [0.717, 1.165) is 19.3 Å². The van der Waals surface area contributed by atoms with Crippen LogP contribution in [0.2, 0.25) is 0 Å². The number of rotatable bonds is 15. The lowest BCUT2D eigenvalue weighted by molar-refractivity contribution is -0.371. The first-order valence-corrected chi connectivity index (χ1v) is 34.0. The van der Waals surface area contributed by atoms with Gasteiger partial charge in [0.25, 0.3) is 0 Å². The van der Waals surface area contributed by atoms with Crippen molar-refractivity contribution in [1.82, 2.24) is 0 Å². The number of esters is 1. The predicted octanol–water partition coefficient (Wildman–Crippen LogP) is -3.69. The van der Waals surface area contributed by atoms with E-state index >= 15 is 4.79 Å². The number of aliphatic hydroxyl groups is 17. The normalized spacial score (nSPS) is 54.6. The van der Waals surface area contributed by atoms with Gasteiger partial charge >= 0.3 is 5.97 Å². The van der Waals surface area contributed by atoms with Crippen molar-refractivity contribution < 1.29 is 148 Å². The molecule has 0 spiro atoms. The molecule has 6 aliphatic heterocycles. The second-order valence-corrected chi connectivity index (χ2v) is 31.5. The molecule has 6 heterocycles. The standard InChI is InChI=1S/C65H106O30/c1-25-36(68)41(73)46(78)53(87-25)85-23-31-39(71)43(75)48(80)56(90-31)94-52-38(70)29(67)22-84-58(52)92-35-13-14-62(7)33(61(35,5)6)12-15-64(9)34(62)11-10-27-28-20-60(3,4)16-18-65(28,19-17-63(27,64)8)59(83)95-57-49(81)44(76)40(72)32(91-57)24-86-54-50(82)45(77)51(30(21-66)89-54)93-55-47(79)42(74)37(69)26(2)88-55/h10,25-26,28-58,66-82H,11-24H2,1-9H3/t25-,26-,28?,29+,30+,31+,32+,33?,34?,35-,36+,37-,38-,39+,40+,41+,42+,43-,44-,45+,46+,47+,48+,49+,50+,51+,52+,53+,54+,55+,56-,57-,58-,62-,63?,64+,65-/m0/s1. The largest absolute Gasteiger partial charge is 0.432 e. The van der Waals surface area contributed by atoms with Gasteiger partial charge < -0.3 is 144 Å². The Balaban J connectivity index is 0.756. The van der Waals surface area contributed by atoms with Crippen LogP contribution in [0.15, 0.2) is 11.6 Å². The first-order chi connectivity index (χ1) is 44.5. The van der Waals surface area contributed by atoms with Crippen LogP contribution in [0.1, 0.15) is 127 Å². The van der Waals surface area contributed by atoms with E-state index in [4.69, 9.17) is 56.8 Å². The summed E-state index contributed by atoms with van der Waals surface area (Å²) in [7, 11) is 0. The zero-order valence-electron chi connectivity index (χ0n) is 55.4. The predicted molar refractivity (Wildman–Crippen MR) is 319 cm³/mol. The molecule has 4 unspecified atom stereocenters. The first kappa shape index (κ1) is 74.3. The van der Waals surface area contributed by atoms with Gasteiger partial charge in [0.2, 0.25) is 6.29 Å². The maximum absolute atomic E-state index is 15.3. The smallest absolute Gasteiger partial charge is 0.315 e. The Bertz CT molecular complexity index is 2670. The summed E-state index contributed by atoms with van der Waals surface area (Å²) in [5.74, 6) is -0.659. The van der Waals surface area contributed by atoms with Gasteiger partial charge in [-0.15, -0.1) is 0 Å². The van der Waals surface area contributed by atoms with Crippen LogP contribution in [0.4, 0.5) is 0 Å². The average molecular weight is 1370 g/mol. The second-order valence-electron chi connectivity index (χ2n) is 31.5. The van der Waals surface area contributed by atoms with E-state index in [9.17, 15) is 86.8 Å². The number of carbonyl (C=O) groups is 1. The van der Waals surface area contributed by atoms with Crippen LogP contribution in [-0.2, 0) is 61.6 Å². The molecule has 11 rings (SSSR count). The number of fused-ring (bicyclic) bond motifs is 7. The van der Waals surface area contributed by atoms with E-state index in [1.807, 2.05) is 0 Å². The van der Waals surface area contributed by atoms with E-state index in [0.29, 0.717) is 44.9 Å². The van der Waals surface area contributed by atoms with Crippen LogP contribution in [0.25, 0.3) is 0 Å². The summed E-state index contributed by atoms with van der Waals surface area (Å²) in [6.45, 7) is 16.4. The number of hydrogen-bond acceptors (Lipinski definition) is 30. The zero-order chi connectivity index (χ0) is 69.3. The Hall–Kier alpha value is -1.91. The highest BCUT2D eigenvalue weighted by Crippen LogP contribution is 2.76. The minimum Gasteiger partial charge on any atom is -0.432 e. The quantitative estimate of drug-likeness (QED) is 0.0426. The molecule has 0 amide bonds. The molecule has 30 nitrogen and oxygen atoms in total. The van der Waals surface area contributed by atoms with Crippen molar-refractivity contribution in [3.8, 4) is 0 Å². The Labute approximate surface area is 551 Å². The fraction of sp³-hybridized carbons (Fsp3) is 0.954. The molecule has 5 aliphatic carbocycles. The van der Waals surface area contributed by atoms with Crippen molar-refractivity contribution in [3.05, 3.63) is 11.6 Å². The molecule has 0 radical (unpaired) electrons. The minimum absolute atomic E-state index is 0.0894. The van der Waals surface area contributed by atoms with Gasteiger partial charge in [-0.1, -0.05) is 60.1 Å². The Kier molecular flexibility index (Phi) is 21.7. The van der Waals surface area contributed by atoms with Gasteiger partial charge in [0.1, 0.15) is 128 Å². The van der Waals surface area contributed by atoms with Gasteiger partial charge in [-0.3, -0.25) is 4.79 Å². The molecule has 0 aromatic carbocycles. The van der Waals surface area contributed by atoms with E-state index in [-0.39, 0.29) is 40.6 Å². The second kappa shape index (κ2) is 27.7. The molecule has 0 aromatic rings. The molecule has 10 fully saturated rings. The summed E-state index contributed by atoms with van der Waals surface area (Å²) in [6, 6.07) is 0. The van der Waals surface area contributed by atoms with E-state index in [1.165, 1.54) is 19.4 Å². The first-order valence-electron chi connectivity index (χ1n) is 34.0. The highest BCUT2D eigenvalue weighted by Gasteiger charge is 2.70. The zero-order valence-corrected chi connectivity index (χ0v) is 55.4. The molecule has 11 aliphatic rings. The number of ether oxygens (including phenoxy) is 12. The lowest BCUT2D eigenvalue weighted by Crippen LogP contribution is -2.66. The van der Waals surface area contributed by atoms with Crippen molar-refractivity contribution >= 4 is 5.97 Å². The Morgan fingerprint density at radius 1 is 0.495 bits per heavy atom. The van der Waals surface area contributed by atoms with Gasteiger partial charge in [-0.2, -0.15) is 0 Å². The van der Waals surface area contributed by atoms with Gasteiger partial charge in [0, 0.05) is 0 Å². The fourth-order valence-electron chi connectivity index (χ4n) is 18.9. The van der Waals surface area contributed by atoms with Crippen LogP contribution < -0.4 is 0 Å². The molecular weight excluding hydrogens is 1260 g/mol. The molecule has 30 heteroatoms. The molecule has 0 bridgehead atoms. The van der Waals surface area contributed by atoms with Crippen molar-refractivity contribution in [1.29, 1.82) is 0 Å². The molecule has 4 saturated carbocycles. The Morgan fingerprint density at radius 2 is 1.00 bits per heavy atom. The molecular formula is C65H106O30. The maximum Gasteiger partial charge on any atom is 0.315 e. The summed E-state index contributed by atoms with van der Waals surface area (Å²) < 4.78 is 71.3. The summed E-state index contributed by atoms with van der Waals surface area (Å²) in [6.07, 6.45) is -38.2. The third-order valence-corrected chi connectivity index (χ3v) is 25.1. The maximum atomic E-state index is 15.3. The fourth-order valence-corrected chi connectivity index (χ4v) is 18.9. The van der Waals surface area contributed by atoms with Crippen LogP contribution >= 0.6 is 0 Å². The van der Waals surface area contributed by atoms with E-state index in [2.05, 4.69) is 54.5 Å². The van der Waals surface area contributed by atoms with Crippen LogP contribution in [-0.4, -0.2) is 303 Å². The van der Waals surface area contributed by atoms with E-state index < -0.39 is 226 Å². The highest BCUT2D eigenvalue weighted by atomic mass is 16.8. The number of hydrogen-bond donors (Lipinski definition) is 17. The Morgan fingerprint density at radius 3 is 1.61 bits per heavy atom. The molecule has 6 saturated heterocycles. The molecule has 0 aromatic heterocycles. The highest BCUT2D eigenvalue weighted by molar-refractivity contribution is 5.79. The van der Waals surface area contributed by atoms with Crippen LogP contribution in [0.5, 0.6) is 0 Å². The van der Waals surface area contributed by atoms with E-state index in [1.54, 1.807) is 0 Å². The third-order valence-electron chi connectivity index (χ3n) is 25.1. The summed E-state index contributed by atoms with van der Waals surface area (Å²) in [4.78, 5) is 15.3. The monoisotopic (exact) mass is 1370 g/mol. The van der Waals surface area contributed by atoms with Crippen LogP contribution in [0.3, 0.4) is 0 Å². The summed E-state index contributed by atoms with van der Waals surface area (Å²) >= 11 is 0. The van der Waals surface area contributed by atoms with Crippen molar-refractivity contribution in [2.24, 2.45) is 50.2 Å². The molecule has 95 heavy (non-hydrogen) atoms. The van der Waals surface area contributed by atoms with Gasteiger partial charge in [0.15, 0.2) is 31.5 Å². The lowest BCUT2D eigenvalue weighted by Gasteiger charge is -2.71. The van der Waals surface area contributed by atoms with Crippen molar-refractivity contribution in [2.75, 3.05) is 26.4 Å². The van der Waals surface area contributed by atoms with Gasteiger partial charge in [-0.05, 0) is 123 Å². The van der Waals surface area contributed by atoms with Gasteiger partial charge in [-0.25, -0.2) is 0 Å². The minimum atomic E-state index is -1.91. The number of carbonyl (C=O) groups excluding carboxylic acids is 1. The number of aliphatic hydroxyl groups excluding tert-OH is 17. The summed E-state index contributed by atoms with van der Waals surface area (Å²) in [5.41, 5.74) is -1.51. The van der Waals surface area contributed by atoms with Crippen molar-refractivity contribution in [3.63, 3.8) is 0 Å². The lowest BCUT2D eigenvalue weighted by atomic mass is 9.33. The molecule has 37 atom stereocenters. The molecule has 546 valence electrons. The average Bonchev–Trinajstić information content (AvgIpc) is 0.675.